The summed E-state index contributed by atoms with van der Waals surface area (Å²) in [5, 5.41) is 7.76. The molecule has 0 spiro atoms. The smallest absolute Gasteiger partial charge is 0.147 e. The van der Waals surface area contributed by atoms with Crippen LogP contribution in [0, 0.1) is 0 Å². The first-order valence-electron chi connectivity index (χ1n) is 19.8. The molecule has 3 heteroatoms. The third-order valence-corrected chi connectivity index (χ3v) is 12.7. The lowest BCUT2D eigenvalue weighted by Gasteiger charge is -2.37. The van der Waals surface area contributed by atoms with E-state index in [1.54, 1.807) is 0 Å². The van der Waals surface area contributed by atoms with Gasteiger partial charge in [0.2, 0.25) is 0 Å². The van der Waals surface area contributed by atoms with Gasteiger partial charge in [-0.15, -0.1) is 0 Å². The van der Waals surface area contributed by atoms with Gasteiger partial charge in [0.05, 0.1) is 28.1 Å². The van der Waals surface area contributed by atoms with E-state index in [-0.39, 0.29) is 5.41 Å². The van der Waals surface area contributed by atoms with Crippen LogP contribution in [0.3, 0.4) is 0 Å². The molecule has 0 amide bonds. The summed E-state index contributed by atoms with van der Waals surface area (Å²) in [5.41, 5.74) is 16.8. The highest BCUT2D eigenvalue weighted by Gasteiger charge is 2.49. The van der Waals surface area contributed by atoms with Gasteiger partial charge in [-0.3, -0.25) is 4.57 Å². The zero-order valence-corrected chi connectivity index (χ0v) is 31.5. The van der Waals surface area contributed by atoms with Crippen molar-refractivity contribution in [2.24, 2.45) is 0 Å². The van der Waals surface area contributed by atoms with Gasteiger partial charge in [-0.25, -0.2) is 4.98 Å². The summed E-state index contributed by atoms with van der Waals surface area (Å²) in [4.78, 5) is 7.88. The summed E-state index contributed by atoms with van der Waals surface area (Å²) in [6.07, 6.45) is 0. The van der Waals surface area contributed by atoms with Crippen molar-refractivity contribution >= 4 is 60.4 Å². The van der Waals surface area contributed by atoms with Crippen molar-refractivity contribution in [3.05, 3.63) is 187 Å². The first-order chi connectivity index (χ1) is 27.7. The molecule has 3 heterocycles. The quantitative estimate of drug-likeness (QED) is 0.166. The van der Waals surface area contributed by atoms with Crippen molar-refractivity contribution in [3.63, 3.8) is 0 Å². The first-order valence-corrected chi connectivity index (χ1v) is 19.8. The zero-order valence-electron chi connectivity index (χ0n) is 31.5. The average molecular weight is 716 g/mol. The maximum Gasteiger partial charge on any atom is 0.147 e. The van der Waals surface area contributed by atoms with Crippen LogP contribution in [0.15, 0.2) is 170 Å². The fourth-order valence-corrected chi connectivity index (χ4v) is 10.4. The molecule has 0 saturated heterocycles. The summed E-state index contributed by atoms with van der Waals surface area (Å²) >= 11 is 0. The molecular weight excluding hydrogens is 679 g/mol. The van der Waals surface area contributed by atoms with Gasteiger partial charge in [-0.2, -0.15) is 0 Å². The van der Waals surface area contributed by atoms with Crippen LogP contribution in [0.1, 0.15) is 37.5 Å². The topological polar surface area (TPSA) is 21.1 Å². The normalized spacial score (nSPS) is 15.4. The molecule has 2 aliphatic heterocycles. The van der Waals surface area contributed by atoms with Crippen LogP contribution in [0.5, 0.6) is 0 Å². The summed E-state index contributed by atoms with van der Waals surface area (Å²) in [5.74, 6) is 0.996. The molecule has 13 rings (SSSR count). The number of benzene rings is 9. The zero-order chi connectivity index (χ0) is 37.3. The molecule has 3 nitrogen and oxygen atoms in total. The number of aromatic nitrogens is 2. The van der Waals surface area contributed by atoms with Crippen LogP contribution in [-0.4, -0.2) is 9.55 Å². The van der Waals surface area contributed by atoms with Crippen LogP contribution in [-0.2, 0) is 5.41 Å². The molecule has 0 saturated carbocycles. The molecule has 1 unspecified atom stereocenters. The van der Waals surface area contributed by atoms with Crippen molar-refractivity contribution in [2.45, 2.75) is 26.2 Å². The van der Waals surface area contributed by atoms with Crippen molar-refractivity contribution in [1.29, 1.82) is 0 Å². The highest BCUT2D eigenvalue weighted by atomic mass is 15.2. The molecular formula is C53H37N3. The predicted octanol–water partition coefficient (Wildman–Crippen LogP) is 14.3. The van der Waals surface area contributed by atoms with E-state index in [9.17, 15) is 0 Å². The lowest BCUT2D eigenvalue weighted by molar-refractivity contribution is 0.697. The summed E-state index contributed by atoms with van der Waals surface area (Å²) in [7, 11) is 0. The van der Waals surface area contributed by atoms with Gasteiger partial charge in [-0.05, 0) is 115 Å². The van der Waals surface area contributed by atoms with Gasteiger partial charge in [-0.1, -0.05) is 141 Å². The van der Waals surface area contributed by atoms with E-state index < -0.39 is 0 Å². The Morgan fingerprint density at radius 2 is 1.05 bits per heavy atom. The minimum absolute atomic E-state index is 0.304. The van der Waals surface area contributed by atoms with Crippen molar-refractivity contribution < 1.29 is 0 Å². The average Bonchev–Trinajstić information content (AvgIpc) is 3.74. The van der Waals surface area contributed by atoms with Crippen LogP contribution >= 0.6 is 0 Å². The molecule has 3 aliphatic rings. The van der Waals surface area contributed by atoms with Gasteiger partial charge in [0.15, 0.2) is 0 Å². The third-order valence-electron chi connectivity index (χ3n) is 12.7. The Morgan fingerprint density at radius 1 is 0.464 bits per heavy atom. The summed E-state index contributed by atoms with van der Waals surface area (Å²) < 4.78 is 2.47. The Hall–Kier alpha value is -6.97. The summed E-state index contributed by atoms with van der Waals surface area (Å²) in [6, 6.07) is 62.9. The number of fused-ring (bicyclic) bond motifs is 12. The summed E-state index contributed by atoms with van der Waals surface area (Å²) in [6.45, 7) is 6.43. The molecule has 10 aromatic rings. The Bertz CT molecular complexity index is 3260. The number of nitrogens with zero attached hydrogens (tertiary/aromatic N) is 3. The fourth-order valence-electron chi connectivity index (χ4n) is 10.4. The molecule has 0 N–H and O–H groups in total. The Balaban J connectivity index is 0.00000170. The lowest BCUT2D eigenvalue weighted by Crippen LogP contribution is -2.29. The molecule has 1 atom stereocenters. The van der Waals surface area contributed by atoms with E-state index in [4.69, 9.17) is 4.98 Å². The third kappa shape index (κ3) is 3.84. The highest BCUT2D eigenvalue weighted by molar-refractivity contribution is 6.25. The molecule has 9 aromatic carbocycles. The minimum atomic E-state index is -0.304. The van der Waals surface area contributed by atoms with Crippen LogP contribution in [0.25, 0.3) is 82.7 Å². The van der Waals surface area contributed by atoms with Crippen LogP contribution in [0.4, 0.5) is 17.1 Å². The molecule has 0 radical (unpaired) electrons. The van der Waals surface area contributed by atoms with E-state index in [0.29, 0.717) is 0 Å². The molecule has 264 valence electrons. The van der Waals surface area contributed by atoms with E-state index in [1.165, 1.54) is 82.5 Å². The predicted molar refractivity (Wildman–Crippen MR) is 235 cm³/mol. The highest BCUT2D eigenvalue weighted by Crippen LogP contribution is 2.61. The first kappa shape index (κ1) is 31.4. The number of hydrogen-bond acceptors (Lipinski definition) is 2. The second-order valence-corrected chi connectivity index (χ2v) is 15.2. The molecule has 1 aliphatic carbocycles. The number of imidazole rings is 1. The van der Waals surface area contributed by atoms with E-state index >= 15 is 0 Å². The SMILES string of the molecule is CC.CC12c3ccccc3-c3ccc4nc5n(c4c31)-c1c(cccc12)N(c1ccc(-c2ccc3c4ccccc4c4ccccc4c3c2)cc1)c1ccccc1-5. The fraction of sp³-hybridized carbons (Fsp3) is 0.0755. The van der Waals surface area contributed by atoms with Crippen LogP contribution < -0.4 is 4.90 Å². The Morgan fingerprint density at radius 3 is 1.80 bits per heavy atom. The second kappa shape index (κ2) is 11.3. The van der Waals surface area contributed by atoms with Crippen LogP contribution in [0.2, 0.25) is 0 Å². The van der Waals surface area contributed by atoms with Gasteiger partial charge in [0.25, 0.3) is 0 Å². The maximum atomic E-state index is 5.43. The molecule has 0 bridgehead atoms. The van der Waals surface area contributed by atoms with Gasteiger partial charge in [0.1, 0.15) is 5.82 Å². The molecule has 1 aromatic heterocycles. The second-order valence-electron chi connectivity index (χ2n) is 15.2. The Labute approximate surface area is 325 Å². The van der Waals surface area contributed by atoms with Crippen molar-refractivity contribution in [3.8, 4) is 39.3 Å². The number of rotatable bonds is 2. The monoisotopic (exact) mass is 715 g/mol. The van der Waals surface area contributed by atoms with Gasteiger partial charge < -0.3 is 4.90 Å². The van der Waals surface area contributed by atoms with Gasteiger partial charge in [0, 0.05) is 22.2 Å². The maximum absolute atomic E-state index is 5.43. The number of para-hydroxylation sites is 2. The largest absolute Gasteiger partial charge is 0.308 e. The van der Waals surface area contributed by atoms with Crippen molar-refractivity contribution in [1.82, 2.24) is 9.55 Å². The minimum Gasteiger partial charge on any atom is -0.308 e. The van der Waals surface area contributed by atoms with E-state index in [0.717, 1.165) is 34.0 Å². The van der Waals surface area contributed by atoms with E-state index in [2.05, 4.69) is 186 Å². The van der Waals surface area contributed by atoms with Crippen molar-refractivity contribution in [2.75, 3.05) is 4.90 Å². The van der Waals surface area contributed by atoms with E-state index in [1.807, 2.05) is 13.8 Å². The van der Waals surface area contributed by atoms with Gasteiger partial charge >= 0.3 is 0 Å². The Kier molecular flexibility index (Phi) is 6.32. The molecule has 56 heavy (non-hydrogen) atoms. The number of anilines is 3. The molecule has 0 fully saturated rings. The standard InChI is InChI=1S/C51H31N3.C2H6/c1-51-42-17-8-6-15-38(42)39-27-28-44-49(47(39)51)54-48-43(51)18-10-20-46(48)53(45-19-9-7-16-40(45)50(54)52-44)32-24-21-30(22-25-32)31-23-26-37-35-13-3-2-11-33(35)34-12-4-5-14-36(34)41(37)29-31;1-2/h2-29H,1H3;1-2H3. The number of hydrogen-bond donors (Lipinski definition) is 0. The lowest BCUT2D eigenvalue weighted by atomic mass is 9.71.